The zero-order valence-electron chi connectivity index (χ0n) is 21.3. The maximum Gasteiger partial charge on any atom is 0.169 e. The lowest BCUT2D eigenvalue weighted by atomic mass is 9.79. The number of aliphatic imine (C=N–C) groups is 1. The zero-order valence-corrected chi connectivity index (χ0v) is 21.3. The molecule has 0 amide bonds. The molecule has 3 aromatic rings. The number of fused-ring (bicyclic) bond motifs is 1. The van der Waals surface area contributed by atoms with Crippen LogP contribution in [-0.2, 0) is 0 Å². The highest BCUT2D eigenvalue weighted by Gasteiger charge is 2.36. The predicted octanol–water partition coefficient (Wildman–Crippen LogP) is 8.05. The zero-order chi connectivity index (χ0) is 24.3. The van der Waals surface area contributed by atoms with Crippen LogP contribution in [-0.4, -0.2) is 25.4 Å². The molecule has 1 aliphatic heterocycles. The van der Waals surface area contributed by atoms with Crippen molar-refractivity contribution in [3.63, 3.8) is 0 Å². The van der Waals surface area contributed by atoms with Crippen molar-refractivity contribution in [3.05, 3.63) is 77.4 Å². The molecule has 0 bridgehead atoms. The number of hydrogen-bond acceptors (Lipinski definition) is 4. The molecular weight excluding hydrogens is 420 g/mol. The van der Waals surface area contributed by atoms with Gasteiger partial charge in [0.25, 0.3) is 0 Å². The number of ether oxygens (including phenoxy) is 2. The molecule has 0 spiro atoms. The third-order valence-corrected chi connectivity index (χ3v) is 6.71. The van der Waals surface area contributed by atoms with Crippen molar-refractivity contribution in [2.45, 2.75) is 58.9 Å². The van der Waals surface area contributed by atoms with Gasteiger partial charge in [0.2, 0.25) is 0 Å². The Morgan fingerprint density at radius 3 is 2.44 bits per heavy atom. The summed E-state index contributed by atoms with van der Waals surface area (Å²) in [6.07, 6.45) is 4.30. The summed E-state index contributed by atoms with van der Waals surface area (Å²) < 4.78 is 11.3. The number of hydrogen-bond donors (Lipinski definition) is 0. The molecule has 4 nitrogen and oxygen atoms in total. The largest absolute Gasteiger partial charge is 0.493 e. The van der Waals surface area contributed by atoms with Gasteiger partial charge in [-0.2, -0.15) is 0 Å². The third-order valence-electron chi connectivity index (χ3n) is 6.71. The van der Waals surface area contributed by atoms with Crippen LogP contribution >= 0.6 is 0 Å². The summed E-state index contributed by atoms with van der Waals surface area (Å²) in [6, 6.07) is 20.2. The van der Waals surface area contributed by atoms with E-state index in [-0.39, 0.29) is 5.54 Å². The maximum atomic E-state index is 5.98. The van der Waals surface area contributed by atoms with Crippen molar-refractivity contribution in [3.8, 4) is 17.2 Å². The van der Waals surface area contributed by atoms with Crippen molar-refractivity contribution in [2.24, 2.45) is 4.99 Å². The van der Waals surface area contributed by atoms with E-state index >= 15 is 0 Å². The van der Waals surface area contributed by atoms with Crippen LogP contribution in [0.2, 0.25) is 0 Å². The fourth-order valence-corrected chi connectivity index (χ4v) is 5.01. The van der Waals surface area contributed by atoms with Crippen LogP contribution in [0.15, 0.2) is 65.7 Å². The van der Waals surface area contributed by atoms with E-state index in [9.17, 15) is 0 Å². The van der Waals surface area contributed by atoms with Gasteiger partial charge >= 0.3 is 0 Å². The predicted molar refractivity (Wildman–Crippen MR) is 143 cm³/mol. The number of benzene rings is 3. The van der Waals surface area contributed by atoms with Crippen LogP contribution < -0.4 is 14.4 Å². The van der Waals surface area contributed by atoms with Crippen molar-refractivity contribution in [2.75, 3.05) is 18.6 Å². The topological polar surface area (TPSA) is 34.1 Å². The van der Waals surface area contributed by atoms with Gasteiger partial charge in [0.15, 0.2) is 11.5 Å². The molecule has 1 heterocycles. The average Bonchev–Trinajstić information content (AvgIpc) is 2.81. The number of anilines is 1. The molecule has 1 aliphatic rings. The molecule has 0 aromatic heterocycles. The van der Waals surface area contributed by atoms with Gasteiger partial charge in [-0.1, -0.05) is 26.0 Å². The molecule has 3 aromatic carbocycles. The van der Waals surface area contributed by atoms with Crippen molar-refractivity contribution >= 4 is 17.6 Å². The van der Waals surface area contributed by atoms with Crippen LogP contribution in [0, 0.1) is 6.92 Å². The van der Waals surface area contributed by atoms with Crippen molar-refractivity contribution in [1.29, 1.82) is 0 Å². The van der Waals surface area contributed by atoms with Crippen LogP contribution in [0.5, 0.6) is 17.2 Å². The fraction of sp³-hybridized carbons (Fsp3) is 0.367. The number of nitrogens with zero attached hydrogens (tertiary/aromatic N) is 2. The quantitative estimate of drug-likeness (QED) is 0.337. The fourth-order valence-electron chi connectivity index (χ4n) is 5.01. The molecule has 4 heteroatoms. The molecule has 4 rings (SSSR count). The Morgan fingerprint density at radius 1 is 1.06 bits per heavy atom. The second-order valence-corrected chi connectivity index (χ2v) is 9.84. The van der Waals surface area contributed by atoms with Gasteiger partial charge in [-0.15, -0.1) is 0 Å². The van der Waals surface area contributed by atoms with Crippen LogP contribution in [0.25, 0.3) is 0 Å². The molecule has 0 fully saturated rings. The summed E-state index contributed by atoms with van der Waals surface area (Å²) in [5.74, 6) is 2.68. The van der Waals surface area contributed by atoms with E-state index in [4.69, 9.17) is 14.5 Å². The SMILES string of the molecule is CCCN1c2cc(C)c(C=Nc3ccc(Oc4ccccc4OC)cc3)cc2C(C)CC1(C)C. The van der Waals surface area contributed by atoms with Gasteiger partial charge < -0.3 is 14.4 Å². The van der Waals surface area contributed by atoms with Crippen LogP contribution in [0.1, 0.15) is 63.1 Å². The molecule has 34 heavy (non-hydrogen) atoms. The minimum Gasteiger partial charge on any atom is -0.493 e. The first kappa shape index (κ1) is 23.9. The molecule has 0 saturated carbocycles. The Balaban J connectivity index is 1.54. The molecule has 0 saturated heterocycles. The second-order valence-electron chi connectivity index (χ2n) is 9.84. The van der Waals surface area contributed by atoms with Gasteiger partial charge in [0, 0.05) is 24.0 Å². The average molecular weight is 457 g/mol. The molecule has 0 radical (unpaired) electrons. The first-order valence-electron chi connectivity index (χ1n) is 12.2. The first-order valence-corrected chi connectivity index (χ1v) is 12.2. The van der Waals surface area contributed by atoms with Gasteiger partial charge in [0.1, 0.15) is 5.75 Å². The van der Waals surface area contributed by atoms with Crippen LogP contribution in [0.4, 0.5) is 11.4 Å². The maximum absolute atomic E-state index is 5.98. The Morgan fingerprint density at radius 2 is 1.76 bits per heavy atom. The molecule has 1 atom stereocenters. The van der Waals surface area contributed by atoms with E-state index in [1.807, 2.05) is 54.7 Å². The third kappa shape index (κ3) is 4.96. The van der Waals surface area contributed by atoms with Gasteiger partial charge in [-0.05, 0) is 105 Å². The summed E-state index contributed by atoms with van der Waals surface area (Å²) in [4.78, 5) is 7.35. The molecule has 1 unspecified atom stereocenters. The highest BCUT2D eigenvalue weighted by molar-refractivity contribution is 5.86. The van der Waals surface area contributed by atoms with E-state index in [1.54, 1.807) is 7.11 Å². The standard InChI is InChI=1S/C30H36N2O2/c1-7-16-32-27-17-21(2)23(18-26(27)22(3)19-30(32,4)5)20-31-24-12-14-25(15-13-24)34-29-11-9-8-10-28(29)33-6/h8-15,17-18,20,22H,7,16,19H2,1-6H3. The molecule has 0 aliphatic carbocycles. The highest BCUT2D eigenvalue weighted by Crippen LogP contribution is 2.44. The second kappa shape index (κ2) is 9.92. The van der Waals surface area contributed by atoms with E-state index in [2.05, 4.69) is 51.7 Å². The first-order chi connectivity index (χ1) is 16.3. The minimum absolute atomic E-state index is 0.179. The summed E-state index contributed by atoms with van der Waals surface area (Å²) >= 11 is 0. The molecule has 0 N–H and O–H groups in total. The number of methoxy groups -OCH3 is 1. The van der Waals surface area contributed by atoms with Gasteiger partial charge in [-0.25, -0.2) is 0 Å². The normalized spacial score (nSPS) is 17.0. The van der Waals surface area contributed by atoms with E-state index in [0.717, 1.165) is 30.8 Å². The van der Waals surface area contributed by atoms with Crippen molar-refractivity contribution in [1.82, 2.24) is 0 Å². The smallest absolute Gasteiger partial charge is 0.169 e. The Bertz CT molecular complexity index is 1160. The Hall–Kier alpha value is -3.27. The van der Waals surface area contributed by atoms with Crippen LogP contribution in [0.3, 0.4) is 0 Å². The molecular formula is C30H36N2O2. The van der Waals surface area contributed by atoms with E-state index in [1.165, 1.54) is 22.4 Å². The summed E-state index contributed by atoms with van der Waals surface area (Å²) in [7, 11) is 1.64. The minimum atomic E-state index is 0.179. The van der Waals surface area contributed by atoms with E-state index < -0.39 is 0 Å². The van der Waals surface area contributed by atoms with Gasteiger partial charge in [0.05, 0.1) is 12.8 Å². The molecule has 178 valence electrons. The summed E-state index contributed by atoms with van der Waals surface area (Å²) in [6.45, 7) is 12.6. The lowest BCUT2D eigenvalue weighted by molar-refractivity contribution is 0.376. The van der Waals surface area contributed by atoms with Crippen molar-refractivity contribution < 1.29 is 9.47 Å². The highest BCUT2D eigenvalue weighted by atomic mass is 16.5. The number of rotatable bonds is 7. The summed E-state index contributed by atoms with van der Waals surface area (Å²) in [5, 5.41) is 0. The number of para-hydroxylation sites is 2. The van der Waals surface area contributed by atoms with Gasteiger partial charge in [-0.3, -0.25) is 4.99 Å². The summed E-state index contributed by atoms with van der Waals surface area (Å²) in [5.41, 5.74) is 6.32. The Kier molecular flexibility index (Phi) is 6.97. The monoisotopic (exact) mass is 456 g/mol. The number of aryl methyl sites for hydroxylation is 1. The van der Waals surface area contributed by atoms with E-state index in [0.29, 0.717) is 17.4 Å². The Labute approximate surface area is 204 Å². The lowest BCUT2D eigenvalue weighted by Crippen LogP contribution is -2.48. The lowest BCUT2D eigenvalue weighted by Gasteiger charge is -2.48.